The van der Waals surface area contributed by atoms with Crippen LogP contribution in [-0.2, 0) is 19.1 Å². The number of amides is 1. The monoisotopic (exact) mass is 241 g/mol. The molecule has 0 bridgehead atoms. The molecular weight excluding hydrogens is 222 g/mol. The third-order valence-corrected chi connectivity index (χ3v) is 3.50. The predicted octanol–water partition coefficient (Wildman–Crippen LogP) is 0.923. The molecule has 0 aromatic rings. The molecule has 2 atom stereocenters. The fourth-order valence-electron chi connectivity index (χ4n) is 2.67. The zero-order chi connectivity index (χ0) is 12.8. The normalized spacial score (nSPS) is 32.8. The van der Waals surface area contributed by atoms with Crippen LogP contribution in [0.25, 0.3) is 0 Å². The van der Waals surface area contributed by atoms with E-state index < -0.39 is 5.54 Å². The molecule has 2 aliphatic heterocycles. The molecule has 2 fully saturated rings. The Morgan fingerprint density at radius 3 is 2.71 bits per heavy atom. The molecule has 0 aromatic heterocycles. The van der Waals surface area contributed by atoms with Crippen LogP contribution in [0.4, 0.5) is 0 Å². The summed E-state index contributed by atoms with van der Waals surface area (Å²) in [5.74, 6) is -0.386. The second-order valence-electron chi connectivity index (χ2n) is 5.82. The first kappa shape index (κ1) is 12.4. The molecule has 0 unspecified atom stereocenters. The number of carbonyl (C=O) groups excluding carboxylic acids is 2. The van der Waals surface area contributed by atoms with Gasteiger partial charge in [0.2, 0.25) is 5.91 Å². The van der Waals surface area contributed by atoms with Gasteiger partial charge in [0.25, 0.3) is 0 Å². The van der Waals surface area contributed by atoms with Gasteiger partial charge < -0.3 is 9.47 Å². The quantitative estimate of drug-likeness (QED) is 0.641. The average Bonchev–Trinajstić information content (AvgIpc) is 2.76. The van der Waals surface area contributed by atoms with Crippen molar-refractivity contribution < 1.29 is 19.1 Å². The molecular formula is C12H19NO4. The van der Waals surface area contributed by atoms with Crippen LogP contribution < -0.4 is 0 Å². The van der Waals surface area contributed by atoms with E-state index in [2.05, 4.69) is 0 Å². The van der Waals surface area contributed by atoms with Gasteiger partial charge in [0, 0.05) is 11.8 Å². The van der Waals surface area contributed by atoms with E-state index in [1.54, 1.807) is 4.90 Å². The van der Waals surface area contributed by atoms with Gasteiger partial charge in [0.05, 0.1) is 13.7 Å². The van der Waals surface area contributed by atoms with Crippen molar-refractivity contribution in [1.82, 2.24) is 4.90 Å². The Labute approximate surface area is 101 Å². The van der Waals surface area contributed by atoms with Gasteiger partial charge in [-0.15, -0.1) is 0 Å². The molecule has 96 valence electrons. The van der Waals surface area contributed by atoms with Crippen molar-refractivity contribution in [3.8, 4) is 0 Å². The smallest absolute Gasteiger partial charge is 0.334 e. The van der Waals surface area contributed by atoms with E-state index in [1.807, 2.05) is 20.8 Å². The Bertz CT molecular complexity index is 360. The Hall–Kier alpha value is -1.10. The zero-order valence-electron chi connectivity index (χ0n) is 10.8. The molecule has 2 rings (SSSR count). The number of hydrogen-bond acceptors (Lipinski definition) is 4. The van der Waals surface area contributed by atoms with E-state index in [9.17, 15) is 9.59 Å². The molecule has 17 heavy (non-hydrogen) atoms. The van der Waals surface area contributed by atoms with Gasteiger partial charge in [-0.25, -0.2) is 4.79 Å². The van der Waals surface area contributed by atoms with Gasteiger partial charge in [0.1, 0.15) is 6.23 Å². The average molecular weight is 241 g/mol. The lowest BCUT2D eigenvalue weighted by molar-refractivity contribution is -0.158. The Kier molecular flexibility index (Phi) is 2.69. The number of esters is 1. The van der Waals surface area contributed by atoms with Crippen molar-refractivity contribution in [3.63, 3.8) is 0 Å². The third-order valence-electron chi connectivity index (χ3n) is 3.50. The van der Waals surface area contributed by atoms with Gasteiger partial charge in [-0.1, -0.05) is 20.8 Å². The number of nitrogens with zero attached hydrogens (tertiary/aromatic N) is 1. The maximum atomic E-state index is 12.0. The first-order chi connectivity index (χ1) is 7.83. The lowest BCUT2D eigenvalue weighted by Crippen LogP contribution is -2.54. The van der Waals surface area contributed by atoms with Gasteiger partial charge in [-0.2, -0.15) is 0 Å². The summed E-state index contributed by atoms with van der Waals surface area (Å²) in [6.07, 6.45) is 0.535. The number of rotatable bonds is 1. The summed E-state index contributed by atoms with van der Waals surface area (Å²) in [6.45, 7) is 6.23. The van der Waals surface area contributed by atoms with Crippen molar-refractivity contribution in [3.05, 3.63) is 0 Å². The van der Waals surface area contributed by atoms with Crippen LogP contribution in [0.1, 0.15) is 33.6 Å². The van der Waals surface area contributed by atoms with Crippen molar-refractivity contribution in [1.29, 1.82) is 0 Å². The summed E-state index contributed by atoms with van der Waals surface area (Å²) in [4.78, 5) is 25.5. The number of ether oxygens (including phenoxy) is 2. The van der Waals surface area contributed by atoms with E-state index in [0.29, 0.717) is 12.8 Å². The lowest BCUT2D eigenvalue weighted by atomic mass is 9.91. The molecule has 0 N–H and O–H groups in total. The number of methoxy groups -OCH3 is 1. The van der Waals surface area contributed by atoms with Crippen molar-refractivity contribution in [2.75, 3.05) is 13.7 Å². The fraction of sp³-hybridized carbons (Fsp3) is 0.833. The highest BCUT2D eigenvalue weighted by Gasteiger charge is 2.61. The highest BCUT2D eigenvalue weighted by atomic mass is 16.6. The van der Waals surface area contributed by atoms with Crippen LogP contribution in [0.3, 0.4) is 0 Å². The van der Waals surface area contributed by atoms with E-state index >= 15 is 0 Å². The van der Waals surface area contributed by atoms with Crippen LogP contribution >= 0.6 is 0 Å². The lowest BCUT2D eigenvalue weighted by Gasteiger charge is -2.36. The predicted molar refractivity (Wildman–Crippen MR) is 60.0 cm³/mol. The Morgan fingerprint density at radius 2 is 2.18 bits per heavy atom. The van der Waals surface area contributed by atoms with Gasteiger partial charge in [-0.05, 0) is 6.42 Å². The SMILES string of the molecule is COC(=O)[C@@]12CCC(=O)N1[C@@H](C(C)(C)C)OC2. The van der Waals surface area contributed by atoms with Crippen LogP contribution in [0, 0.1) is 5.41 Å². The van der Waals surface area contributed by atoms with Crippen molar-refractivity contribution in [2.45, 2.75) is 45.4 Å². The maximum absolute atomic E-state index is 12.0. The Morgan fingerprint density at radius 1 is 1.53 bits per heavy atom. The summed E-state index contributed by atoms with van der Waals surface area (Å²) in [7, 11) is 1.35. The zero-order valence-corrected chi connectivity index (χ0v) is 10.8. The minimum atomic E-state index is -0.885. The minimum absolute atomic E-state index is 0.0205. The molecule has 2 heterocycles. The fourth-order valence-corrected chi connectivity index (χ4v) is 2.67. The molecule has 0 aromatic carbocycles. The molecule has 2 saturated heterocycles. The molecule has 0 saturated carbocycles. The number of fused-ring (bicyclic) bond motifs is 1. The van der Waals surface area contributed by atoms with E-state index in [-0.39, 0.29) is 30.1 Å². The highest BCUT2D eigenvalue weighted by Crippen LogP contribution is 2.44. The standard InChI is InChI=1S/C12H19NO4/c1-11(2,3)9-13-8(14)5-6-12(13,7-17-9)10(15)16-4/h9H,5-7H2,1-4H3/t9-,12+/m1/s1. The molecule has 0 aliphatic carbocycles. The van der Waals surface area contributed by atoms with Crippen molar-refractivity contribution >= 4 is 11.9 Å². The molecule has 5 nitrogen and oxygen atoms in total. The summed E-state index contributed by atoms with van der Waals surface area (Å²) in [6, 6.07) is 0. The number of carbonyl (C=O) groups is 2. The van der Waals surface area contributed by atoms with Crippen molar-refractivity contribution in [2.24, 2.45) is 5.41 Å². The summed E-state index contributed by atoms with van der Waals surface area (Å²) in [5.41, 5.74) is -1.10. The van der Waals surface area contributed by atoms with Gasteiger partial charge in [0.15, 0.2) is 5.54 Å². The second kappa shape index (κ2) is 3.70. The highest BCUT2D eigenvalue weighted by molar-refractivity contribution is 5.92. The molecule has 0 spiro atoms. The van der Waals surface area contributed by atoms with E-state index in [0.717, 1.165) is 0 Å². The van der Waals surface area contributed by atoms with E-state index in [1.165, 1.54) is 7.11 Å². The third kappa shape index (κ3) is 1.64. The minimum Gasteiger partial charge on any atom is -0.467 e. The molecule has 2 aliphatic rings. The van der Waals surface area contributed by atoms with E-state index in [4.69, 9.17) is 9.47 Å². The second-order valence-corrected chi connectivity index (χ2v) is 5.82. The van der Waals surface area contributed by atoms with Crippen LogP contribution in [0.5, 0.6) is 0 Å². The van der Waals surface area contributed by atoms with Gasteiger partial charge >= 0.3 is 5.97 Å². The molecule has 1 amide bonds. The molecule has 5 heteroatoms. The topological polar surface area (TPSA) is 55.8 Å². The van der Waals surface area contributed by atoms with Crippen LogP contribution in [-0.4, -0.2) is 42.3 Å². The molecule has 0 radical (unpaired) electrons. The summed E-state index contributed by atoms with van der Waals surface area (Å²) >= 11 is 0. The van der Waals surface area contributed by atoms with Crippen LogP contribution in [0.15, 0.2) is 0 Å². The van der Waals surface area contributed by atoms with Crippen LogP contribution in [0.2, 0.25) is 0 Å². The number of hydrogen-bond donors (Lipinski definition) is 0. The summed E-state index contributed by atoms with van der Waals surface area (Å²) < 4.78 is 10.5. The first-order valence-electron chi connectivity index (χ1n) is 5.85. The Balaban J connectivity index is 2.37. The maximum Gasteiger partial charge on any atom is 0.334 e. The largest absolute Gasteiger partial charge is 0.467 e. The van der Waals surface area contributed by atoms with Gasteiger partial charge in [-0.3, -0.25) is 9.69 Å². The first-order valence-corrected chi connectivity index (χ1v) is 5.85. The summed E-state index contributed by atoms with van der Waals surface area (Å²) in [5, 5.41) is 0.